The number of hydrogen-bond acceptors (Lipinski definition) is 3. The summed E-state index contributed by atoms with van der Waals surface area (Å²) in [5, 5.41) is 0. The SMILES string of the molecule is Cc1sc(Br)cc1S(=O)(=O)F. The minimum atomic E-state index is -4.53. The van der Waals surface area contributed by atoms with E-state index in [1.807, 2.05) is 0 Å². The Morgan fingerprint density at radius 1 is 1.64 bits per heavy atom. The Bertz CT molecular complexity index is 368. The molecule has 1 aromatic rings. The first-order valence-corrected chi connectivity index (χ1v) is 5.61. The van der Waals surface area contributed by atoms with Gasteiger partial charge in [0, 0.05) is 4.88 Å². The van der Waals surface area contributed by atoms with Crippen LogP contribution in [-0.4, -0.2) is 8.42 Å². The van der Waals surface area contributed by atoms with Crippen molar-refractivity contribution in [3.05, 3.63) is 14.7 Å². The number of hydrogen-bond donors (Lipinski definition) is 0. The van der Waals surface area contributed by atoms with Crippen molar-refractivity contribution in [2.45, 2.75) is 11.8 Å². The number of thiophene rings is 1. The van der Waals surface area contributed by atoms with Gasteiger partial charge in [-0.25, -0.2) is 0 Å². The van der Waals surface area contributed by atoms with Gasteiger partial charge in [0.05, 0.1) is 3.79 Å². The third-order valence-electron chi connectivity index (χ3n) is 1.10. The van der Waals surface area contributed by atoms with Gasteiger partial charge in [0.2, 0.25) is 0 Å². The quantitative estimate of drug-likeness (QED) is 0.726. The summed E-state index contributed by atoms with van der Waals surface area (Å²) >= 11 is 4.26. The lowest BCUT2D eigenvalue weighted by Crippen LogP contribution is -1.90. The average molecular weight is 259 g/mol. The van der Waals surface area contributed by atoms with Crippen molar-refractivity contribution in [3.63, 3.8) is 0 Å². The molecule has 0 spiro atoms. The molecule has 1 rings (SSSR count). The lowest BCUT2D eigenvalue weighted by atomic mass is 10.5. The molecule has 0 unspecified atom stereocenters. The monoisotopic (exact) mass is 258 g/mol. The van der Waals surface area contributed by atoms with E-state index in [1.165, 1.54) is 17.4 Å². The van der Waals surface area contributed by atoms with Gasteiger partial charge in [-0.15, -0.1) is 15.2 Å². The molecule has 62 valence electrons. The Morgan fingerprint density at radius 2 is 2.18 bits per heavy atom. The Balaban J connectivity index is 3.36. The molecule has 6 heteroatoms. The fourth-order valence-electron chi connectivity index (χ4n) is 0.673. The highest BCUT2D eigenvalue weighted by Gasteiger charge is 2.17. The molecule has 0 aliphatic carbocycles. The molecular formula is C5H4BrFO2S2. The third kappa shape index (κ3) is 2.00. The molecule has 0 bridgehead atoms. The van der Waals surface area contributed by atoms with Gasteiger partial charge >= 0.3 is 10.2 Å². The number of halogens is 2. The van der Waals surface area contributed by atoms with E-state index >= 15 is 0 Å². The van der Waals surface area contributed by atoms with Crippen LogP contribution in [0.5, 0.6) is 0 Å². The maximum absolute atomic E-state index is 12.4. The molecular weight excluding hydrogens is 255 g/mol. The van der Waals surface area contributed by atoms with Crippen molar-refractivity contribution in [2.24, 2.45) is 0 Å². The number of rotatable bonds is 1. The van der Waals surface area contributed by atoms with Gasteiger partial charge in [-0.3, -0.25) is 0 Å². The molecule has 0 amide bonds. The van der Waals surface area contributed by atoms with Crippen LogP contribution in [0.2, 0.25) is 0 Å². The van der Waals surface area contributed by atoms with E-state index in [4.69, 9.17) is 0 Å². The summed E-state index contributed by atoms with van der Waals surface area (Å²) in [5.41, 5.74) is 0. The summed E-state index contributed by atoms with van der Waals surface area (Å²) in [5.74, 6) is 0. The highest BCUT2D eigenvalue weighted by molar-refractivity contribution is 9.11. The third-order valence-corrected chi connectivity index (χ3v) is 3.74. The van der Waals surface area contributed by atoms with Gasteiger partial charge in [-0.1, -0.05) is 0 Å². The second kappa shape index (κ2) is 2.84. The van der Waals surface area contributed by atoms with Crippen LogP contribution in [0.1, 0.15) is 4.88 Å². The summed E-state index contributed by atoms with van der Waals surface area (Å²) in [4.78, 5) is 0.216. The van der Waals surface area contributed by atoms with E-state index in [9.17, 15) is 12.3 Å². The van der Waals surface area contributed by atoms with Gasteiger partial charge in [0.25, 0.3) is 0 Å². The first kappa shape index (κ1) is 9.15. The second-order valence-electron chi connectivity index (χ2n) is 1.91. The van der Waals surface area contributed by atoms with E-state index in [1.54, 1.807) is 6.92 Å². The van der Waals surface area contributed by atoms with Crippen LogP contribution in [0.4, 0.5) is 3.89 Å². The molecule has 0 saturated carbocycles. The maximum atomic E-state index is 12.4. The molecule has 0 aliphatic rings. The molecule has 0 fully saturated rings. The normalized spacial score (nSPS) is 11.9. The van der Waals surface area contributed by atoms with Crippen LogP contribution in [-0.2, 0) is 10.2 Å². The first-order chi connectivity index (χ1) is 4.91. The topological polar surface area (TPSA) is 34.1 Å². The molecule has 0 atom stereocenters. The summed E-state index contributed by atoms with van der Waals surface area (Å²) in [6.07, 6.45) is 0. The zero-order valence-corrected chi connectivity index (χ0v) is 8.69. The zero-order chi connectivity index (χ0) is 8.65. The first-order valence-electron chi connectivity index (χ1n) is 2.62. The van der Waals surface area contributed by atoms with Crippen LogP contribution >= 0.6 is 27.3 Å². The Kier molecular flexibility index (Phi) is 2.36. The van der Waals surface area contributed by atoms with E-state index in [-0.39, 0.29) is 4.90 Å². The number of aryl methyl sites for hydroxylation is 1. The van der Waals surface area contributed by atoms with E-state index in [0.29, 0.717) is 8.66 Å². The largest absolute Gasteiger partial charge is 0.333 e. The van der Waals surface area contributed by atoms with Crippen LogP contribution < -0.4 is 0 Å². The summed E-state index contributed by atoms with van der Waals surface area (Å²) in [7, 11) is -4.53. The molecule has 0 N–H and O–H groups in total. The predicted octanol–water partition coefficient (Wildman–Crippen LogP) is 2.48. The smallest absolute Gasteiger partial charge is 0.189 e. The van der Waals surface area contributed by atoms with Gasteiger partial charge < -0.3 is 0 Å². The van der Waals surface area contributed by atoms with E-state index in [2.05, 4.69) is 15.9 Å². The molecule has 2 nitrogen and oxygen atoms in total. The Morgan fingerprint density at radius 3 is 2.36 bits per heavy atom. The minimum absolute atomic E-state index is 0.241. The molecule has 11 heavy (non-hydrogen) atoms. The van der Waals surface area contributed by atoms with Crippen molar-refractivity contribution in [1.82, 2.24) is 0 Å². The van der Waals surface area contributed by atoms with Gasteiger partial charge in [-0.2, -0.15) is 8.42 Å². The fourth-order valence-corrected chi connectivity index (χ4v) is 3.51. The predicted molar refractivity (Wildman–Crippen MR) is 45.0 cm³/mol. The Hall–Kier alpha value is 0.0600. The average Bonchev–Trinajstić information content (AvgIpc) is 2.08. The van der Waals surface area contributed by atoms with Gasteiger partial charge in [-0.05, 0) is 28.9 Å². The molecule has 0 radical (unpaired) electrons. The minimum Gasteiger partial charge on any atom is -0.189 e. The molecule has 1 heterocycles. The molecule has 0 aromatic carbocycles. The van der Waals surface area contributed by atoms with Crippen LogP contribution in [0, 0.1) is 6.92 Å². The lowest BCUT2D eigenvalue weighted by Gasteiger charge is -1.88. The van der Waals surface area contributed by atoms with Crippen LogP contribution in [0.25, 0.3) is 0 Å². The van der Waals surface area contributed by atoms with Crippen molar-refractivity contribution < 1.29 is 12.3 Å². The maximum Gasteiger partial charge on any atom is 0.333 e. The Labute approximate surface area is 76.4 Å². The molecule has 1 aromatic heterocycles. The molecule has 0 saturated heterocycles. The summed E-state index contributed by atoms with van der Waals surface area (Å²) in [6, 6.07) is 1.26. The van der Waals surface area contributed by atoms with Gasteiger partial charge in [0.1, 0.15) is 4.90 Å². The van der Waals surface area contributed by atoms with E-state index < -0.39 is 10.2 Å². The zero-order valence-electron chi connectivity index (χ0n) is 5.47. The highest BCUT2D eigenvalue weighted by Crippen LogP contribution is 2.30. The van der Waals surface area contributed by atoms with Gasteiger partial charge in [0.15, 0.2) is 0 Å². The second-order valence-corrected chi connectivity index (χ2v) is 5.86. The fraction of sp³-hybridized carbons (Fsp3) is 0.200. The highest BCUT2D eigenvalue weighted by atomic mass is 79.9. The standard InChI is InChI=1S/C5H4BrFO2S2/c1-3-4(11(7,8)9)2-5(6)10-3/h2H,1H3. The van der Waals surface area contributed by atoms with E-state index in [0.717, 1.165) is 0 Å². The summed E-state index contributed by atoms with van der Waals surface area (Å²) < 4.78 is 33.7. The van der Waals surface area contributed by atoms with Crippen LogP contribution in [0.3, 0.4) is 0 Å². The van der Waals surface area contributed by atoms with Crippen LogP contribution in [0.15, 0.2) is 14.7 Å². The van der Waals surface area contributed by atoms with Crippen molar-refractivity contribution >= 4 is 37.5 Å². The van der Waals surface area contributed by atoms with Crippen molar-refractivity contribution in [1.29, 1.82) is 0 Å². The van der Waals surface area contributed by atoms with Crippen molar-refractivity contribution in [2.75, 3.05) is 0 Å². The lowest BCUT2D eigenvalue weighted by molar-refractivity contribution is 0.552. The summed E-state index contributed by atoms with van der Waals surface area (Å²) in [6.45, 7) is 1.56. The van der Waals surface area contributed by atoms with Crippen molar-refractivity contribution in [3.8, 4) is 0 Å². The molecule has 0 aliphatic heterocycles.